The smallest absolute Gasteiger partial charge is 0.189 e. The summed E-state index contributed by atoms with van der Waals surface area (Å²) in [6.07, 6.45) is 0.821. The summed E-state index contributed by atoms with van der Waals surface area (Å²) in [5, 5.41) is 3.27. The van der Waals surface area contributed by atoms with Crippen LogP contribution in [-0.4, -0.2) is 50.2 Å². The first-order valence-electron chi connectivity index (χ1n) is 10.7. The summed E-state index contributed by atoms with van der Waals surface area (Å²) in [5.74, 6) is 1.04. The molecule has 1 unspecified atom stereocenters. The molecule has 2 aromatic rings. The van der Waals surface area contributed by atoms with Crippen molar-refractivity contribution in [3.8, 4) is 5.75 Å². The molecule has 0 saturated carbocycles. The summed E-state index contributed by atoms with van der Waals surface area (Å²) in [6, 6.07) is 13.4. The SMILES string of the molecule is CCN1CCN(c2ccc(CN=C(N)NC3CCOc4ccccc43)cc2F)CC1.I. The second kappa shape index (κ2) is 11.0. The summed E-state index contributed by atoms with van der Waals surface area (Å²) >= 11 is 0. The zero-order chi connectivity index (χ0) is 20.9. The fourth-order valence-electron chi connectivity index (χ4n) is 4.10. The van der Waals surface area contributed by atoms with E-state index in [0.717, 1.165) is 56.0 Å². The molecule has 2 aliphatic heterocycles. The molecule has 2 heterocycles. The Labute approximate surface area is 200 Å². The van der Waals surface area contributed by atoms with Crippen molar-refractivity contribution in [2.75, 3.05) is 44.2 Å². The number of rotatable bonds is 5. The average molecular weight is 539 g/mol. The Kier molecular flexibility index (Phi) is 8.36. The van der Waals surface area contributed by atoms with Gasteiger partial charge < -0.3 is 25.6 Å². The Morgan fingerprint density at radius 1 is 1.19 bits per heavy atom. The zero-order valence-electron chi connectivity index (χ0n) is 17.9. The Bertz CT molecular complexity index is 901. The van der Waals surface area contributed by atoms with Crippen LogP contribution in [0.2, 0.25) is 0 Å². The van der Waals surface area contributed by atoms with E-state index in [1.807, 2.05) is 36.4 Å². The van der Waals surface area contributed by atoms with Crippen molar-refractivity contribution in [1.29, 1.82) is 0 Å². The van der Waals surface area contributed by atoms with Gasteiger partial charge in [0.2, 0.25) is 0 Å². The molecule has 0 amide bonds. The topological polar surface area (TPSA) is 66.1 Å². The van der Waals surface area contributed by atoms with Crippen molar-refractivity contribution in [1.82, 2.24) is 10.2 Å². The average Bonchev–Trinajstić information content (AvgIpc) is 2.78. The number of fused-ring (bicyclic) bond motifs is 1. The van der Waals surface area contributed by atoms with Gasteiger partial charge in [0.25, 0.3) is 0 Å². The number of nitrogens with one attached hydrogen (secondary N) is 1. The molecule has 0 aliphatic carbocycles. The minimum absolute atomic E-state index is 0. The van der Waals surface area contributed by atoms with Gasteiger partial charge >= 0.3 is 0 Å². The molecule has 168 valence electrons. The number of para-hydroxylation sites is 1. The molecule has 1 fully saturated rings. The highest BCUT2D eigenvalue weighted by Crippen LogP contribution is 2.31. The van der Waals surface area contributed by atoms with Crippen molar-refractivity contribution in [3.63, 3.8) is 0 Å². The van der Waals surface area contributed by atoms with Gasteiger partial charge in [-0.25, -0.2) is 9.38 Å². The number of halogens is 2. The van der Waals surface area contributed by atoms with E-state index in [0.29, 0.717) is 24.8 Å². The number of nitrogens with two attached hydrogens (primary N) is 1. The highest BCUT2D eigenvalue weighted by atomic mass is 127. The van der Waals surface area contributed by atoms with Crippen LogP contribution in [0.25, 0.3) is 0 Å². The van der Waals surface area contributed by atoms with E-state index in [2.05, 4.69) is 27.0 Å². The normalized spacial score (nSPS) is 19.2. The summed E-state index contributed by atoms with van der Waals surface area (Å²) in [4.78, 5) is 8.92. The lowest BCUT2D eigenvalue weighted by Gasteiger charge is -2.35. The summed E-state index contributed by atoms with van der Waals surface area (Å²) in [7, 11) is 0. The predicted molar refractivity (Wildman–Crippen MR) is 134 cm³/mol. The molecule has 2 aromatic carbocycles. The molecule has 0 spiro atoms. The molecular weight excluding hydrogens is 508 g/mol. The van der Waals surface area contributed by atoms with Crippen LogP contribution in [-0.2, 0) is 6.54 Å². The van der Waals surface area contributed by atoms with Crippen molar-refractivity contribution in [3.05, 3.63) is 59.4 Å². The number of anilines is 1. The third kappa shape index (κ3) is 5.79. The van der Waals surface area contributed by atoms with Gasteiger partial charge in [0.1, 0.15) is 11.6 Å². The molecule has 0 bridgehead atoms. The van der Waals surface area contributed by atoms with Gasteiger partial charge in [0.15, 0.2) is 5.96 Å². The maximum Gasteiger partial charge on any atom is 0.189 e. The number of likely N-dealkylation sites (N-methyl/N-ethyl adjacent to an activating group) is 1. The lowest BCUT2D eigenvalue weighted by molar-refractivity contribution is 0.262. The van der Waals surface area contributed by atoms with E-state index in [-0.39, 0.29) is 35.8 Å². The molecule has 2 aliphatic rings. The lowest BCUT2D eigenvalue weighted by Crippen LogP contribution is -2.46. The van der Waals surface area contributed by atoms with E-state index in [9.17, 15) is 4.39 Å². The molecule has 4 rings (SSSR count). The first-order chi connectivity index (χ1) is 14.6. The lowest BCUT2D eigenvalue weighted by atomic mass is 10.0. The van der Waals surface area contributed by atoms with Crippen LogP contribution < -0.4 is 20.7 Å². The van der Waals surface area contributed by atoms with E-state index in [1.54, 1.807) is 6.07 Å². The van der Waals surface area contributed by atoms with Crippen molar-refractivity contribution >= 4 is 35.6 Å². The van der Waals surface area contributed by atoms with E-state index < -0.39 is 0 Å². The Balaban J connectivity index is 0.00000272. The Morgan fingerprint density at radius 2 is 1.97 bits per heavy atom. The molecular formula is C23H31FIN5O. The van der Waals surface area contributed by atoms with Crippen molar-refractivity contribution < 1.29 is 9.13 Å². The Hall–Kier alpha value is -2.07. The standard InChI is InChI=1S/C23H30FN5O.HI/c1-2-28-10-12-29(13-11-28)21-8-7-17(15-19(21)24)16-26-23(25)27-20-9-14-30-22-6-4-3-5-18(20)22;/h3-8,15,20H,2,9-14,16H2,1H3,(H3,25,26,27);1H. The van der Waals surface area contributed by atoms with Gasteiger partial charge in [-0.15, -0.1) is 24.0 Å². The molecule has 1 saturated heterocycles. The maximum atomic E-state index is 14.7. The third-order valence-electron chi connectivity index (χ3n) is 5.88. The molecule has 8 heteroatoms. The van der Waals surface area contributed by atoms with Crippen LogP contribution in [0.3, 0.4) is 0 Å². The fraction of sp³-hybridized carbons (Fsp3) is 0.435. The summed E-state index contributed by atoms with van der Waals surface area (Å²) in [6.45, 7) is 7.83. The highest BCUT2D eigenvalue weighted by molar-refractivity contribution is 14.0. The van der Waals surface area contributed by atoms with Crippen molar-refractivity contribution in [2.45, 2.75) is 25.9 Å². The largest absolute Gasteiger partial charge is 0.493 e. The predicted octanol–water partition coefficient (Wildman–Crippen LogP) is 3.51. The summed E-state index contributed by atoms with van der Waals surface area (Å²) < 4.78 is 20.4. The molecule has 3 N–H and O–H groups in total. The van der Waals surface area contributed by atoms with Crippen LogP contribution in [0.1, 0.15) is 30.5 Å². The number of ether oxygens (including phenoxy) is 1. The minimum atomic E-state index is -0.197. The van der Waals surface area contributed by atoms with Crippen LogP contribution in [0, 0.1) is 5.82 Å². The van der Waals surface area contributed by atoms with Gasteiger partial charge in [0.05, 0.1) is 24.9 Å². The van der Waals surface area contributed by atoms with Crippen LogP contribution in [0.15, 0.2) is 47.5 Å². The molecule has 6 nitrogen and oxygen atoms in total. The maximum absolute atomic E-state index is 14.7. The van der Waals surface area contributed by atoms with E-state index >= 15 is 0 Å². The van der Waals surface area contributed by atoms with Crippen molar-refractivity contribution in [2.24, 2.45) is 10.7 Å². The molecule has 0 aromatic heterocycles. The van der Waals surface area contributed by atoms with Gasteiger partial charge in [0, 0.05) is 38.2 Å². The number of benzene rings is 2. The first-order valence-corrected chi connectivity index (χ1v) is 10.7. The quantitative estimate of drug-likeness (QED) is 0.346. The third-order valence-corrected chi connectivity index (χ3v) is 5.88. The zero-order valence-corrected chi connectivity index (χ0v) is 20.2. The molecule has 31 heavy (non-hydrogen) atoms. The number of hydrogen-bond donors (Lipinski definition) is 2. The van der Waals surface area contributed by atoms with E-state index in [1.165, 1.54) is 0 Å². The highest BCUT2D eigenvalue weighted by Gasteiger charge is 2.21. The second-order valence-electron chi connectivity index (χ2n) is 7.78. The monoisotopic (exact) mass is 539 g/mol. The first kappa shape index (κ1) is 23.6. The molecule has 1 atom stereocenters. The number of piperazine rings is 1. The second-order valence-corrected chi connectivity index (χ2v) is 7.78. The fourth-order valence-corrected chi connectivity index (χ4v) is 4.10. The van der Waals surface area contributed by atoms with Crippen LogP contribution in [0.5, 0.6) is 5.75 Å². The number of aliphatic imine (C=N–C) groups is 1. The van der Waals surface area contributed by atoms with Gasteiger partial charge in [-0.05, 0) is 30.3 Å². The van der Waals surface area contributed by atoms with Crippen LogP contribution >= 0.6 is 24.0 Å². The molecule has 0 radical (unpaired) electrons. The number of hydrogen-bond acceptors (Lipinski definition) is 4. The van der Waals surface area contributed by atoms with E-state index in [4.69, 9.17) is 10.5 Å². The minimum Gasteiger partial charge on any atom is -0.493 e. The van der Waals surface area contributed by atoms with Gasteiger partial charge in [-0.2, -0.15) is 0 Å². The Morgan fingerprint density at radius 3 is 2.71 bits per heavy atom. The number of guanidine groups is 1. The number of nitrogens with zero attached hydrogens (tertiary/aromatic N) is 3. The summed E-state index contributed by atoms with van der Waals surface area (Å²) in [5.41, 5.74) is 8.67. The van der Waals surface area contributed by atoms with Crippen LogP contribution in [0.4, 0.5) is 10.1 Å². The van der Waals surface area contributed by atoms with Gasteiger partial charge in [-0.3, -0.25) is 0 Å². The van der Waals surface area contributed by atoms with Gasteiger partial charge in [-0.1, -0.05) is 31.2 Å².